The van der Waals surface area contributed by atoms with Crippen molar-refractivity contribution in [1.29, 1.82) is 0 Å². The van der Waals surface area contributed by atoms with E-state index in [1.807, 2.05) is 31.6 Å². The summed E-state index contributed by atoms with van der Waals surface area (Å²) >= 11 is 1.60. The zero-order chi connectivity index (χ0) is 15.4. The highest BCUT2D eigenvalue weighted by molar-refractivity contribution is 7.10. The Morgan fingerprint density at radius 1 is 1.52 bits per heavy atom. The molecule has 6 heteroatoms. The number of hydrogen-bond donors (Lipinski definition) is 1. The molecule has 2 rings (SSSR count). The van der Waals surface area contributed by atoms with Gasteiger partial charge in [0.2, 0.25) is 11.8 Å². The number of likely N-dealkylation sites (tertiary alicyclic amines) is 1. The summed E-state index contributed by atoms with van der Waals surface area (Å²) in [4.78, 5) is 29.2. The van der Waals surface area contributed by atoms with E-state index < -0.39 is 0 Å². The maximum Gasteiger partial charge on any atom is 0.226 e. The summed E-state index contributed by atoms with van der Waals surface area (Å²) in [5, 5.41) is 4.96. The van der Waals surface area contributed by atoms with Crippen LogP contribution in [0.3, 0.4) is 0 Å². The third kappa shape index (κ3) is 3.83. The Morgan fingerprint density at radius 2 is 2.29 bits per heavy atom. The quantitative estimate of drug-likeness (QED) is 0.807. The highest BCUT2D eigenvalue weighted by Crippen LogP contribution is 2.38. The molecule has 1 fully saturated rings. The summed E-state index contributed by atoms with van der Waals surface area (Å²) in [7, 11) is 5.81. The molecule has 0 aromatic carbocycles. The minimum Gasteiger partial charge on any atom is -0.356 e. The fraction of sp³-hybridized carbons (Fsp3) is 0.600. The van der Waals surface area contributed by atoms with Gasteiger partial charge in [0.05, 0.1) is 12.0 Å². The van der Waals surface area contributed by atoms with Gasteiger partial charge in [-0.1, -0.05) is 6.07 Å². The van der Waals surface area contributed by atoms with Crippen LogP contribution < -0.4 is 5.32 Å². The molecule has 0 aliphatic carbocycles. The summed E-state index contributed by atoms with van der Waals surface area (Å²) in [6.07, 6.45) is 1.22. The molecular formula is C15H23N3O2S. The molecule has 2 atom stereocenters. The van der Waals surface area contributed by atoms with E-state index in [4.69, 9.17) is 0 Å². The van der Waals surface area contributed by atoms with Crippen LogP contribution in [0.15, 0.2) is 17.5 Å². The smallest absolute Gasteiger partial charge is 0.226 e. The Bertz CT molecular complexity index is 487. The molecule has 0 bridgehead atoms. The number of nitrogens with one attached hydrogen (secondary N) is 1. The lowest BCUT2D eigenvalue weighted by Crippen LogP contribution is -2.35. The molecule has 2 amide bonds. The molecule has 1 aromatic heterocycles. The molecule has 0 spiro atoms. The Kier molecular flexibility index (Phi) is 5.36. The van der Waals surface area contributed by atoms with Crippen molar-refractivity contribution in [3.05, 3.63) is 22.4 Å². The number of rotatable bonds is 6. The van der Waals surface area contributed by atoms with E-state index >= 15 is 0 Å². The molecule has 21 heavy (non-hydrogen) atoms. The molecule has 116 valence electrons. The second kappa shape index (κ2) is 7.04. The monoisotopic (exact) mass is 309 g/mol. The van der Waals surface area contributed by atoms with Crippen molar-refractivity contribution in [2.75, 3.05) is 34.2 Å². The van der Waals surface area contributed by atoms with Gasteiger partial charge in [-0.3, -0.25) is 9.59 Å². The molecule has 0 unspecified atom stereocenters. The fourth-order valence-electron chi connectivity index (χ4n) is 2.69. The molecule has 1 N–H and O–H groups in total. The average molecular weight is 309 g/mol. The topological polar surface area (TPSA) is 52.7 Å². The Hall–Kier alpha value is -1.40. The van der Waals surface area contributed by atoms with Gasteiger partial charge in [0.25, 0.3) is 0 Å². The van der Waals surface area contributed by atoms with Crippen LogP contribution in [-0.2, 0) is 9.59 Å². The first kappa shape index (κ1) is 16.0. The minimum atomic E-state index is -0.277. The van der Waals surface area contributed by atoms with Crippen molar-refractivity contribution in [1.82, 2.24) is 15.1 Å². The zero-order valence-electron chi connectivity index (χ0n) is 12.8. The fourth-order valence-corrected chi connectivity index (χ4v) is 3.62. The Morgan fingerprint density at radius 3 is 2.90 bits per heavy atom. The van der Waals surface area contributed by atoms with Crippen LogP contribution in [0.5, 0.6) is 0 Å². The number of nitrogens with zero attached hydrogens (tertiary/aromatic N) is 2. The average Bonchev–Trinajstić information content (AvgIpc) is 3.04. The third-order valence-electron chi connectivity index (χ3n) is 3.84. The highest BCUT2D eigenvalue weighted by Gasteiger charge is 2.42. The maximum atomic E-state index is 12.4. The highest BCUT2D eigenvalue weighted by atomic mass is 32.1. The lowest BCUT2D eigenvalue weighted by molar-refractivity contribution is -0.128. The Balaban J connectivity index is 1.97. The first-order chi connectivity index (χ1) is 10.0. The summed E-state index contributed by atoms with van der Waals surface area (Å²) < 4.78 is 0. The van der Waals surface area contributed by atoms with E-state index in [0.29, 0.717) is 13.0 Å². The third-order valence-corrected chi connectivity index (χ3v) is 4.78. The predicted octanol–water partition coefficient (Wildman–Crippen LogP) is 1.34. The predicted molar refractivity (Wildman–Crippen MR) is 84.1 cm³/mol. The first-order valence-corrected chi connectivity index (χ1v) is 8.10. The van der Waals surface area contributed by atoms with Gasteiger partial charge in [-0.15, -0.1) is 11.3 Å². The van der Waals surface area contributed by atoms with Gasteiger partial charge in [-0.25, -0.2) is 0 Å². The van der Waals surface area contributed by atoms with Crippen LogP contribution in [0.25, 0.3) is 0 Å². The van der Waals surface area contributed by atoms with Crippen LogP contribution in [0.2, 0.25) is 0 Å². The van der Waals surface area contributed by atoms with Crippen molar-refractivity contribution >= 4 is 23.2 Å². The molecule has 1 aliphatic rings. The van der Waals surface area contributed by atoms with Gasteiger partial charge in [-0.2, -0.15) is 0 Å². The van der Waals surface area contributed by atoms with Crippen molar-refractivity contribution < 1.29 is 9.59 Å². The largest absolute Gasteiger partial charge is 0.356 e. The molecule has 1 aromatic rings. The molecule has 1 saturated heterocycles. The summed E-state index contributed by atoms with van der Waals surface area (Å²) in [5.74, 6) is -0.243. The first-order valence-electron chi connectivity index (χ1n) is 7.22. The van der Waals surface area contributed by atoms with Crippen LogP contribution >= 0.6 is 11.3 Å². The lowest BCUT2D eigenvalue weighted by Gasteiger charge is -2.23. The van der Waals surface area contributed by atoms with Crippen molar-refractivity contribution in [2.45, 2.75) is 18.9 Å². The van der Waals surface area contributed by atoms with Crippen LogP contribution in [0, 0.1) is 5.92 Å². The van der Waals surface area contributed by atoms with E-state index in [0.717, 1.165) is 17.8 Å². The van der Waals surface area contributed by atoms with E-state index in [2.05, 4.69) is 10.2 Å². The van der Waals surface area contributed by atoms with E-state index in [1.165, 1.54) is 0 Å². The Labute approximate surface area is 129 Å². The van der Waals surface area contributed by atoms with Crippen LogP contribution in [0.4, 0.5) is 0 Å². The summed E-state index contributed by atoms with van der Waals surface area (Å²) in [6, 6.07) is 3.84. The summed E-state index contributed by atoms with van der Waals surface area (Å²) in [6.45, 7) is 1.60. The molecule has 1 aliphatic heterocycles. The zero-order valence-corrected chi connectivity index (χ0v) is 13.7. The second-order valence-corrected chi connectivity index (χ2v) is 6.70. The maximum absolute atomic E-state index is 12.4. The van der Waals surface area contributed by atoms with Gasteiger partial charge < -0.3 is 15.1 Å². The molecule has 0 radical (unpaired) electrons. The molecule has 5 nitrogen and oxygen atoms in total. The number of hydrogen-bond acceptors (Lipinski definition) is 4. The van der Waals surface area contributed by atoms with Crippen LogP contribution in [-0.4, -0.2) is 55.8 Å². The number of amides is 2. The number of carbonyl (C=O) groups is 2. The van der Waals surface area contributed by atoms with Crippen molar-refractivity contribution in [3.63, 3.8) is 0 Å². The molecule has 2 heterocycles. The SMILES string of the molecule is CN(C)CCCNC(=O)[C@H]1CC(=O)N(C)[C@@H]1c1cccs1. The van der Waals surface area contributed by atoms with Gasteiger partial charge >= 0.3 is 0 Å². The normalized spacial score (nSPS) is 22.1. The van der Waals surface area contributed by atoms with Crippen molar-refractivity contribution in [2.24, 2.45) is 5.92 Å². The summed E-state index contributed by atoms with van der Waals surface area (Å²) in [5.41, 5.74) is 0. The van der Waals surface area contributed by atoms with E-state index in [9.17, 15) is 9.59 Å². The second-order valence-electron chi connectivity index (χ2n) is 5.72. The van der Waals surface area contributed by atoms with Gasteiger partial charge in [0, 0.05) is 24.9 Å². The lowest BCUT2D eigenvalue weighted by atomic mass is 9.98. The van der Waals surface area contributed by atoms with Gasteiger partial charge in [-0.05, 0) is 38.5 Å². The van der Waals surface area contributed by atoms with Crippen molar-refractivity contribution in [3.8, 4) is 0 Å². The number of thiophene rings is 1. The molecule has 0 saturated carbocycles. The van der Waals surface area contributed by atoms with Crippen LogP contribution in [0.1, 0.15) is 23.8 Å². The standard InChI is InChI=1S/C15H23N3O2S/c1-17(2)8-5-7-16-15(20)11-10-13(19)18(3)14(11)12-6-4-9-21-12/h4,6,9,11,14H,5,7-8,10H2,1-3H3,(H,16,20)/t11-,14-/m0/s1. The number of carbonyl (C=O) groups excluding carboxylic acids is 2. The van der Waals surface area contributed by atoms with Gasteiger partial charge in [0.15, 0.2) is 0 Å². The van der Waals surface area contributed by atoms with E-state index in [-0.39, 0.29) is 23.8 Å². The molecular weight excluding hydrogens is 286 g/mol. The van der Waals surface area contributed by atoms with E-state index in [1.54, 1.807) is 23.3 Å². The minimum absolute atomic E-state index is 0.00939. The van der Waals surface area contributed by atoms with Gasteiger partial charge in [0.1, 0.15) is 0 Å².